The van der Waals surface area contributed by atoms with E-state index in [9.17, 15) is 0 Å². The number of hydrogen-bond donors (Lipinski definition) is 0. The molecule has 1 nitrogen and oxygen atoms in total. The molecule has 0 heterocycles. The quantitative estimate of drug-likeness (QED) is 0.113. The molecule has 0 atom stereocenters. The Kier molecular flexibility index (Phi) is 8.26. The van der Waals surface area contributed by atoms with Crippen molar-refractivity contribution in [2.24, 2.45) is 0 Å². The van der Waals surface area contributed by atoms with E-state index in [-0.39, 0.29) is 5.41 Å². The molecule has 53 heavy (non-hydrogen) atoms. The van der Waals surface area contributed by atoms with Gasteiger partial charge in [0.2, 0.25) is 0 Å². The van der Waals surface area contributed by atoms with Gasteiger partial charge >= 0.3 is 0 Å². The first-order valence-electron chi connectivity index (χ1n) is 18.5. The Labute approximate surface area is 314 Å². The molecule has 1 aliphatic rings. The first-order valence-corrected chi connectivity index (χ1v) is 20.5. The standard InChI is InChI=1S/C51H41NSi/c1-51(2)49-29-16-15-28-47(49)48-35-32-42(37-50(48)51)52(41-21-17-20-39(36-41)38-18-7-3-8-19-38)40-30-33-46(34-31-40)53(43-22-9-4-10-23-43,44-24-11-5-12-25-44)45-26-13-6-14-27-45/h3-37H,1-2H3. The number of rotatable bonds is 8. The van der Waals surface area contributed by atoms with Crippen LogP contribution in [0.25, 0.3) is 22.3 Å². The molecule has 0 aliphatic heterocycles. The summed E-state index contributed by atoms with van der Waals surface area (Å²) in [6.45, 7) is 4.72. The maximum Gasteiger partial charge on any atom is 0.179 e. The highest BCUT2D eigenvalue weighted by Crippen LogP contribution is 2.50. The summed E-state index contributed by atoms with van der Waals surface area (Å²) in [7, 11) is -2.66. The summed E-state index contributed by atoms with van der Waals surface area (Å²) in [5.74, 6) is 0. The highest BCUT2D eigenvalue weighted by molar-refractivity contribution is 7.19. The van der Waals surface area contributed by atoms with E-state index >= 15 is 0 Å². The zero-order chi connectivity index (χ0) is 35.8. The lowest BCUT2D eigenvalue weighted by molar-refractivity contribution is 0.660. The van der Waals surface area contributed by atoms with E-state index in [0.717, 1.165) is 17.1 Å². The highest BCUT2D eigenvalue weighted by atomic mass is 28.3. The van der Waals surface area contributed by atoms with Crippen molar-refractivity contribution in [1.82, 2.24) is 0 Å². The van der Waals surface area contributed by atoms with Crippen molar-refractivity contribution in [1.29, 1.82) is 0 Å². The van der Waals surface area contributed by atoms with Gasteiger partial charge in [-0.25, -0.2) is 0 Å². The number of hydrogen-bond acceptors (Lipinski definition) is 1. The molecule has 8 aromatic rings. The van der Waals surface area contributed by atoms with E-state index in [1.807, 2.05) is 0 Å². The summed E-state index contributed by atoms with van der Waals surface area (Å²) < 4.78 is 0. The number of anilines is 3. The Hall–Kier alpha value is -6.22. The van der Waals surface area contributed by atoms with Gasteiger partial charge in [-0.1, -0.05) is 190 Å². The molecule has 0 bridgehead atoms. The van der Waals surface area contributed by atoms with E-state index in [1.54, 1.807) is 0 Å². The lowest BCUT2D eigenvalue weighted by atomic mass is 9.82. The van der Waals surface area contributed by atoms with Crippen LogP contribution in [0.3, 0.4) is 0 Å². The van der Waals surface area contributed by atoms with Crippen LogP contribution in [-0.2, 0) is 5.41 Å². The molecule has 0 radical (unpaired) electrons. The molecule has 8 aromatic carbocycles. The lowest BCUT2D eigenvalue weighted by Gasteiger charge is -2.35. The topological polar surface area (TPSA) is 3.24 Å². The largest absolute Gasteiger partial charge is 0.310 e. The minimum absolute atomic E-state index is 0.102. The first kappa shape index (κ1) is 32.7. The number of fused-ring (bicyclic) bond motifs is 3. The molecule has 0 unspecified atom stereocenters. The van der Waals surface area contributed by atoms with Crippen LogP contribution in [-0.4, -0.2) is 8.07 Å². The van der Waals surface area contributed by atoms with Crippen LogP contribution in [0.4, 0.5) is 17.1 Å². The molecule has 0 saturated carbocycles. The fraction of sp³-hybridized carbons (Fsp3) is 0.0588. The van der Waals surface area contributed by atoms with Crippen molar-refractivity contribution in [3.63, 3.8) is 0 Å². The molecular weight excluding hydrogens is 655 g/mol. The molecule has 1 aliphatic carbocycles. The maximum absolute atomic E-state index is 2.66. The van der Waals surface area contributed by atoms with E-state index in [2.05, 4.69) is 231 Å². The Morgan fingerprint density at radius 1 is 0.340 bits per heavy atom. The molecular formula is C51H41NSi. The van der Waals surface area contributed by atoms with E-state index in [0.29, 0.717) is 0 Å². The predicted octanol–water partition coefficient (Wildman–Crippen LogP) is 10.5. The predicted molar refractivity (Wildman–Crippen MR) is 228 cm³/mol. The highest BCUT2D eigenvalue weighted by Gasteiger charge is 2.41. The molecule has 0 spiro atoms. The molecule has 0 saturated heterocycles. The third kappa shape index (κ3) is 5.55. The van der Waals surface area contributed by atoms with Gasteiger partial charge in [0.15, 0.2) is 8.07 Å². The smallest absolute Gasteiger partial charge is 0.179 e. The van der Waals surface area contributed by atoms with Gasteiger partial charge in [0, 0.05) is 22.5 Å². The zero-order valence-corrected chi connectivity index (χ0v) is 31.2. The molecule has 0 aromatic heterocycles. The van der Waals surface area contributed by atoms with Crippen LogP contribution < -0.4 is 25.6 Å². The summed E-state index contributed by atoms with van der Waals surface area (Å²) in [6.07, 6.45) is 0. The molecule has 0 N–H and O–H groups in total. The number of nitrogens with zero attached hydrogens (tertiary/aromatic N) is 1. The third-order valence-electron chi connectivity index (χ3n) is 11.2. The first-order chi connectivity index (χ1) is 26.0. The Bertz CT molecular complexity index is 2410. The van der Waals surface area contributed by atoms with Crippen LogP contribution >= 0.6 is 0 Å². The van der Waals surface area contributed by atoms with E-state index < -0.39 is 8.07 Å². The van der Waals surface area contributed by atoms with E-state index in [1.165, 1.54) is 54.1 Å². The maximum atomic E-state index is 2.44. The molecule has 0 fully saturated rings. The molecule has 9 rings (SSSR count). The Balaban J connectivity index is 1.24. The van der Waals surface area contributed by atoms with Crippen molar-refractivity contribution in [3.05, 3.63) is 223 Å². The second-order valence-electron chi connectivity index (χ2n) is 14.5. The van der Waals surface area contributed by atoms with E-state index in [4.69, 9.17) is 0 Å². The molecule has 0 amide bonds. The minimum atomic E-state index is -2.66. The van der Waals surface area contributed by atoms with Crippen molar-refractivity contribution < 1.29 is 0 Å². The third-order valence-corrected chi connectivity index (χ3v) is 16.0. The van der Waals surface area contributed by atoms with Crippen LogP contribution in [0.5, 0.6) is 0 Å². The van der Waals surface area contributed by atoms with Gasteiger partial charge < -0.3 is 4.90 Å². The summed E-state index contributed by atoms with van der Waals surface area (Å²) in [5, 5.41) is 5.47. The van der Waals surface area contributed by atoms with Gasteiger partial charge in [0.1, 0.15) is 0 Å². The van der Waals surface area contributed by atoms with Crippen LogP contribution in [0.15, 0.2) is 212 Å². The molecule has 2 heteroatoms. The summed E-state index contributed by atoms with van der Waals surface area (Å²) in [5.41, 5.74) is 11.1. The number of benzene rings is 8. The van der Waals surface area contributed by atoms with Gasteiger partial charge in [-0.15, -0.1) is 0 Å². The van der Waals surface area contributed by atoms with Crippen LogP contribution in [0.1, 0.15) is 25.0 Å². The van der Waals surface area contributed by atoms with Crippen molar-refractivity contribution >= 4 is 45.9 Å². The van der Waals surface area contributed by atoms with Gasteiger partial charge in [0.05, 0.1) is 0 Å². The lowest BCUT2D eigenvalue weighted by Crippen LogP contribution is -2.74. The average molecular weight is 696 g/mol. The second kappa shape index (κ2) is 13.4. The second-order valence-corrected chi connectivity index (χ2v) is 18.4. The normalized spacial score (nSPS) is 12.9. The SMILES string of the molecule is CC1(C)c2ccccc2-c2ccc(N(c3ccc([Si](c4ccccc4)(c4ccccc4)c4ccccc4)cc3)c3cccc(-c4ccccc4)c3)cc21. The summed E-state index contributed by atoms with van der Waals surface area (Å²) >= 11 is 0. The zero-order valence-electron chi connectivity index (χ0n) is 30.2. The van der Waals surface area contributed by atoms with Crippen molar-refractivity contribution in [2.75, 3.05) is 4.90 Å². The Morgan fingerprint density at radius 2 is 0.792 bits per heavy atom. The molecule has 254 valence electrons. The fourth-order valence-corrected chi connectivity index (χ4v) is 13.4. The van der Waals surface area contributed by atoms with Gasteiger partial charge in [0.25, 0.3) is 0 Å². The van der Waals surface area contributed by atoms with Crippen molar-refractivity contribution in [2.45, 2.75) is 19.3 Å². The van der Waals surface area contributed by atoms with Crippen LogP contribution in [0, 0.1) is 0 Å². The summed E-state index contributed by atoms with van der Waals surface area (Å²) in [6, 6.07) is 78.5. The monoisotopic (exact) mass is 695 g/mol. The van der Waals surface area contributed by atoms with Gasteiger partial charge in [-0.3, -0.25) is 0 Å². The average Bonchev–Trinajstić information content (AvgIpc) is 3.46. The Morgan fingerprint density at radius 3 is 1.40 bits per heavy atom. The van der Waals surface area contributed by atoms with Gasteiger partial charge in [-0.05, 0) is 90.5 Å². The summed E-state index contributed by atoms with van der Waals surface area (Å²) in [4.78, 5) is 2.44. The fourth-order valence-electron chi connectivity index (χ4n) is 8.66. The van der Waals surface area contributed by atoms with Crippen LogP contribution in [0.2, 0.25) is 0 Å². The van der Waals surface area contributed by atoms with Gasteiger partial charge in [-0.2, -0.15) is 0 Å². The minimum Gasteiger partial charge on any atom is -0.310 e. The van der Waals surface area contributed by atoms with Crippen molar-refractivity contribution in [3.8, 4) is 22.3 Å².